The second-order valence-corrected chi connectivity index (χ2v) is 13.1. The molecule has 2 aromatic carbocycles. The van der Waals surface area contributed by atoms with Gasteiger partial charge >= 0.3 is 6.03 Å². The summed E-state index contributed by atoms with van der Waals surface area (Å²) in [5.41, 5.74) is 5.44. The van der Waals surface area contributed by atoms with Gasteiger partial charge in [-0.25, -0.2) is 9.48 Å². The van der Waals surface area contributed by atoms with Crippen LogP contribution in [0.4, 0.5) is 16.3 Å². The third-order valence-electron chi connectivity index (χ3n) is 8.71. The first-order valence-corrected chi connectivity index (χ1v) is 15.2. The fraction of sp³-hybridized carbons (Fsp3) is 0.371. The maximum atomic E-state index is 13.2. The summed E-state index contributed by atoms with van der Waals surface area (Å²) in [5.74, 6) is 1.27. The Morgan fingerprint density at radius 1 is 0.930 bits per heavy atom. The normalized spacial score (nSPS) is 19.7. The molecule has 8 nitrogen and oxygen atoms in total. The number of carbonyl (C=O) groups excluding carboxylic acids is 2. The molecular formula is C35H40N6O2. The number of nitrogens with one attached hydrogen (secondary N) is 2. The number of amides is 3. The van der Waals surface area contributed by atoms with Gasteiger partial charge in [-0.3, -0.25) is 15.1 Å². The fourth-order valence-electron chi connectivity index (χ4n) is 6.48. The smallest absolute Gasteiger partial charge is 0.324 e. The number of carbonyl (C=O) groups is 2. The first kappa shape index (κ1) is 28.6. The highest BCUT2D eigenvalue weighted by atomic mass is 16.2. The van der Waals surface area contributed by atoms with Gasteiger partial charge in [0.1, 0.15) is 5.82 Å². The Hall–Kier alpha value is -4.46. The van der Waals surface area contributed by atoms with E-state index in [4.69, 9.17) is 5.10 Å². The largest absolute Gasteiger partial charge is 0.333 e. The number of pyridine rings is 1. The molecule has 0 saturated carbocycles. The SMILES string of the molecule is Cc1ccc(-n2nc(C(C)(C)C)cc2NC(=O)Nc2ccc(CC3CC4CCC(C3)N4C(=O)c3cccnc3)cc2)cc1. The van der Waals surface area contributed by atoms with Crippen molar-refractivity contribution in [3.63, 3.8) is 0 Å². The first-order chi connectivity index (χ1) is 20.6. The van der Waals surface area contributed by atoms with Crippen molar-refractivity contribution in [1.82, 2.24) is 19.7 Å². The van der Waals surface area contributed by atoms with Crippen LogP contribution in [0, 0.1) is 12.8 Å². The van der Waals surface area contributed by atoms with Crippen LogP contribution in [0.2, 0.25) is 0 Å². The Balaban J connectivity index is 1.07. The number of piperidine rings is 1. The lowest BCUT2D eigenvalue weighted by atomic mass is 9.85. The van der Waals surface area contributed by atoms with Crippen LogP contribution in [0.15, 0.2) is 79.1 Å². The van der Waals surface area contributed by atoms with Gasteiger partial charge in [0.05, 0.1) is 16.9 Å². The van der Waals surface area contributed by atoms with E-state index in [1.165, 1.54) is 5.56 Å². The van der Waals surface area contributed by atoms with Crippen molar-refractivity contribution in [2.24, 2.45) is 5.92 Å². The quantitative estimate of drug-likeness (QED) is 0.255. The molecule has 0 aliphatic carbocycles. The Labute approximate surface area is 253 Å². The monoisotopic (exact) mass is 576 g/mol. The Morgan fingerprint density at radius 3 is 2.26 bits per heavy atom. The molecule has 2 fully saturated rings. The van der Waals surface area contributed by atoms with Gasteiger partial charge in [0.15, 0.2) is 0 Å². The molecule has 2 aromatic heterocycles. The molecule has 4 aromatic rings. The molecule has 2 aliphatic rings. The predicted octanol–water partition coefficient (Wildman–Crippen LogP) is 7.14. The molecule has 2 unspecified atom stereocenters. The van der Waals surface area contributed by atoms with Crippen LogP contribution in [0.5, 0.6) is 0 Å². The zero-order chi connectivity index (χ0) is 30.1. The standard InChI is InChI=1S/C35H40N6O2/c1-23-7-13-28(14-8-23)41-32(21-31(39-41)35(2,3)4)38-34(43)37-27-11-9-24(10-12-27)18-25-19-29-15-16-30(20-25)40(29)33(42)26-6-5-17-36-22-26/h5-14,17,21-22,25,29-30H,15-16,18-20H2,1-4H3,(H2,37,38,43). The minimum atomic E-state index is -0.316. The van der Waals surface area contributed by atoms with Crippen LogP contribution in [-0.4, -0.2) is 43.7 Å². The van der Waals surface area contributed by atoms with Crippen LogP contribution in [0.1, 0.15) is 73.6 Å². The Morgan fingerprint density at radius 2 is 1.63 bits per heavy atom. The highest BCUT2D eigenvalue weighted by molar-refractivity contribution is 5.99. The van der Waals surface area contributed by atoms with Gasteiger partial charge in [0.25, 0.3) is 5.91 Å². The maximum Gasteiger partial charge on any atom is 0.324 e. The summed E-state index contributed by atoms with van der Waals surface area (Å²) in [6.07, 6.45) is 8.55. The van der Waals surface area contributed by atoms with Crippen molar-refractivity contribution in [1.29, 1.82) is 0 Å². The lowest BCUT2D eigenvalue weighted by Gasteiger charge is -2.39. The number of nitrogens with zero attached hydrogens (tertiary/aromatic N) is 4. The van der Waals surface area contributed by atoms with Gasteiger partial charge in [-0.15, -0.1) is 0 Å². The van der Waals surface area contributed by atoms with E-state index in [0.717, 1.165) is 54.7 Å². The highest BCUT2D eigenvalue weighted by Gasteiger charge is 2.43. The molecule has 2 saturated heterocycles. The molecule has 2 aliphatic heterocycles. The zero-order valence-electron chi connectivity index (χ0n) is 25.4. The number of hydrogen-bond donors (Lipinski definition) is 2. The number of aromatic nitrogens is 3. The van der Waals surface area contributed by atoms with Crippen molar-refractivity contribution < 1.29 is 9.59 Å². The van der Waals surface area contributed by atoms with E-state index in [2.05, 4.69) is 53.4 Å². The van der Waals surface area contributed by atoms with Gasteiger partial charge in [-0.05, 0) is 86.9 Å². The van der Waals surface area contributed by atoms with Gasteiger partial charge in [-0.2, -0.15) is 5.10 Å². The van der Waals surface area contributed by atoms with E-state index in [1.807, 2.05) is 61.5 Å². The molecule has 0 spiro atoms. The van der Waals surface area contributed by atoms with Crippen LogP contribution in [-0.2, 0) is 11.8 Å². The van der Waals surface area contributed by atoms with Gasteiger partial charge in [-0.1, -0.05) is 50.6 Å². The van der Waals surface area contributed by atoms with Gasteiger partial charge in [0, 0.05) is 41.6 Å². The fourth-order valence-corrected chi connectivity index (χ4v) is 6.48. The van der Waals surface area contributed by atoms with E-state index in [9.17, 15) is 9.59 Å². The van der Waals surface area contributed by atoms with Crippen molar-refractivity contribution >= 4 is 23.4 Å². The minimum Gasteiger partial charge on any atom is -0.333 e. The number of benzene rings is 2. The van der Waals surface area contributed by atoms with E-state index in [1.54, 1.807) is 17.1 Å². The van der Waals surface area contributed by atoms with Crippen LogP contribution < -0.4 is 10.6 Å². The zero-order valence-corrected chi connectivity index (χ0v) is 25.4. The Bertz CT molecular complexity index is 1570. The second-order valence-electron chi connectivity index (χ2n) is 13.1. The summed E-state index contributed by atoms with van der Waals surface area (Å²) >= 11 is 0. The summed E-state index contributed by atoms with van der Waals surface area (Å²) in [6, 6.07) is 22.1. The average Bonchev–Trinajstić information content (AvgIpc) is 3.53. The second kappa shape index (κ2) is 11.7. The molecule has 3 amide bonds. The van der Waals surface area contributed by atoms with Crippen molar-refractivity contribution in [2.75, 3.05) is 10.6 Å². The molecule has 8 heteroatoms. The van der Waals surface area contributed by atoms with Crippen molar-refractivity contribution in [3.05, 3.63) is 102 Å². The lowest BCUT2D eigenvalue weighted by Crippen LogP contribution is -2.46. The topological polar surface area (TPSA) is 92.2 Å². The number of hydrogen-bond acceptors (Lipinski definition) is 4. The van der Waals surface area contributed by atoms with E-state index in [-0.39, 0.29) is 17.4 Å². The summed E-state index contributed by atoms with van der Waals surface area (Å²) in [5, 5.41) is 10.8. The number of rotatable bonds is 6. The predicted molar refractivity (Wildman–Crippen MR) is 170 cm³/mol. The van der Waals surface area contributed by atoms with Crippen LogP contribution >= 0.6 is 0 Å². The van der Waals surface area contributed by atoms with Gasteiger partial charge < -0.3 is 10.2 Å². The van der Waals surface area contributed by atoms with Crippen LogP contribution in [0.25, 0.3) is 5.69 Å². The lowest BCUT2D eigenvalue weighted by molar-refractivity contribution is 0.0524. The average molecular weight is 577 g/mol. The molecule has 43 heavy (non-hydrogen) atoms. The maximum absolute atomic E-state index is 13.2. The molecule has 0 radical (unpaired) electrons. The van der Waals surface area contributed by atoms with E-state index in [0.29, 0.717) is 29.4 Å². The third kappa shape index (κ3) is 6.33. The number of aryl methyl sites for hydroxylation is 1. The summed E-state index contributed by atoms with van der Waals surface area (Å²) in [4.78, 5) is 32.5. The van der Waals surface area contributed by atoms with E-state index < -0.39 is 0 Å². The van der Waals surface area contributed by atoms with Crippen LogP contribution in [0.3, 0.4) is 0 Å². The first-order valence-electron chi connectivity index (χ1n) is 15.2. The van der Waals surface area contributed by atoms with Gasteiger partial charge in [0.2, 0.25) is 0 Å². The number of anilines is 2. The summed E-state index contributed by atoms with van der Waals surface area (Å²) in [6.45, 7) is 8.37. The number of fused-ring (bicyclic) bond motifs is 2. The minimum absolute atomic E-state index is 0.115. The molecule has 2 bridgehead atoms. The summed E-state index contributed by atoms with van der Waals surface area (Å²) < 4.78 is 1.78. The van der Waals surface area contributed by atoms with Crippen molar-refractivity contribution in [2.45, 2.75) is 77.3 Å². The molecule has 4 heterocycles. The molecule has 6 rings (SSSR count). The molecular weight excluding hydrogens is 536 g/mol. The third-order valence-corrected chi connectivity index (χ3v) is 8.71. The van der Waals surface area contributed by atoms with E-state index >= 15 is 0 Å². The molecule has 2 atom stereocenters. The summed E-state index contributed by atoms with van der Waals surface area (Å²) in [7, 11) is 0. The Kier molecular flexibility index (Phi) is 7.77. The highest BCUT2D eigenvalue weighted by Crippen LogP contribution is 2.40. The van der Waals surface area contributed by atoms with Crippen molar-refractivity contribution in [3.8, 4) is 5.69 Å². The molecule has 2 N–H and O–H groups in total. The number of urea groups is 1. The molecule has 222 valence electrons.